The highest BCUT2D eigenvalue weighted by atomic mass is 35.5. The van der Waals surface area contributed by atoms with Gasteiger partial charge in [-0.2, -0.15) is 0 Å². The van der Waals surface area contributed by atoms with E-state index in [0.29, 0.717) is 5.56 Å². The second-order valence-corrected chi connectivity index (χ2v) is 4.38. The van der Waals surface area contributed by atoms with Crippen LogP contribution in [-0.2, 0) is 10.1 Å². The number of nitrogens with zero attached hydrogens (tertiary/aromatic N) is 2. The Morgan fingerprint density at radius 2 is 2.14 bits per heavy atom. The third-order valence-electron chi connectivity index (χ3n) is 1.62. The van der Waals surface area contributed by atoms with E-state index in [4.69, 9.17) is 17.0 Å². The topological polar surface area (TPSA) is 85.3 Å². The molecule has 0 saturated heterocycles. The normalized spacial score (nSPS) is 11.0. The molecule has 0 fully saturated rings. The molecule has 0 bridgehead atoms. The van der Waals surface area contributed by atoms with Crippen molar-refractivity contribution in [2.24, 2.45) is 0 Å². The fourth-order valence-electron chi connectivity index (χ4n) is 0.926. The Hall–Kier alpha value is -1.16. The molecule has 0 atom stereocenters. The van der Waals surface area contributed by atoms with Crippen LogP contribution in [0, 0.1) is 12.3 Å². The van der Waals surface area contributed by atoms with E-state index < -0.39 is 15.0 Å². The minimum absolute atomic E-state index is 0. The van der Waals surface area contributed by atoms with Crippen LogP contribution < -0.4 is 0 Å². The van der Waals surface area contributed by atoms with E-state index in [1.54, 1.807) is 6.92 Å². The zero-order chi connectivity index (χ0) is 10.9. The average molecular weight is 234 g/mol. The number of halogens is 1. The maximum Gasteiger partial charge on any atom is 1.00 e. The number of hydrogen-bond acceptors (Lipinski definition) is 4. The molecule has 0 N–H and O–H groups in total. The summed E-state index contributed by atoms with van der Waals surface area (Å²) in [6.45, 7) is 1.60. The highest BCUT2D eigenvalue weighted by molar-refractivity contribution is 7.86. The van der Waals surface area contributed by atoms with Crippen LogP contribution in [0.4, 0.5) is 5.69 Å². The Bertz CT molecular complexity index is 524. The lowest BCUT2D eigenvalue weighted by Crippen LogP contribution is -1.99. The van der Waals surface area contributed by atoms with Crippen LogP contribution in [-0.4, -0.2) is 13.0 Å². The molecule has 0 heterocycles. The fraction of sp³-hybridized carbons (Fsp3) is 0.143. The van der Waals surface area contributed by atoms with Gasteiger partial charge >= 0.3 is 7.11 Å². The minimum Gasteiger partial charge on any atom is -0.744 e. The first kappa shape index (κ1) is 10.9. The third-order valence-corrected chi connectivity index (χ3v) is 2.89. The summed E-state index contributed by atoms with van der Waals surface area (Å²) < 4.78 is 32.1. The molecule has 0 aliphatic heterocycles. The number of aryl methyl sites for hydroxylation is 1. The maximum atomic E-state index is 10.7. The third kappa shape index (κ3) is 2.01. The van der Waals surface area contributed by atoms with Gasteiger partial charge in [-0.25, -0.2) is 8.42 Å². The summed E-state index contributed by atoms with van der Waals surface area (Å²) in [5.41, 5.74) is 0.216. The predicted octanol–water partition coefficient (Wildman–Crippen LogP) is 2.15. The quantitative estimate of drug-likeness (QED) is 0.549. The van der Waals surface area contributed by atoms with E-state index in [-0.39, 0.29) is 12.1 Å². The lowest BCUT2D eigenvalue weighted by molar-refractivity contribution is 0.463. The van der Waals surface area contributed by atoms with Crippen molar-refractivity contribution < 1.29 is 14.4 Å². The zero-order valence-electron chi connectivity index (χ0n) is 8.06. The first-order valence-corrected chi connectivity index (χ1v) is 5.26. The SMILES string of the molecule is Cc1cc([N+]#N)c(S(=O)(=O)[O-])cc1Cl.[H+]. The molecule has 1 aromatic carbocycles. The van der Waals surface area contributed by atoms with Crippen molar-refractivity contribution in [3.05, 3.63) is 27.7 Å². The average Bonchev–Trinajstić information content (AvgIpc) is 2.07. The molecule has 14 heavy (non-hydrogen) atoms. The molecule has 0 amide bonds. The first-order valence-electron chi connectivity index (χ1n) is 3.47. The molecule has 0 spiro atoms. The minimum atomic E-state index is -4.67. The molecule has 1 aromatic rings. The van der Waals surface area contributed by atoms with Gasteiger partial charge in [0.15, 0.2) is 9.87 Å². The molecule has 7 heteroatoms. The van der Waals surface area contributed by atoms with Gasteiger partial charge in [0, 0.05) is 11.1 Å². The van der Waals surface area contributed by atoms with Gasteiger partial charge < -0.3 is 4.55 Å². The van der Waals surface area contributed by atoms with Crippen LogP contribution in [0.2, 0.25) is 5.02 Å². The molecule has 0 saturated carbocycles. The molecule has 0 aromatic heterocycles. The molecule has 0 aliphatic rings. The first-order chi connectivity index (χ1) is 6.36. The van der Waals surface area contributed by atoms with E-state index in [9.17, 15) is 13.0 Å². The van der Waals surface area contributed by atoms with Gasteiger partial charge in [0.2, 0.25) is 5.39 Å². The molecule has 0 radical (unpaired) electrons. The largest absolute Gasteiger partial charge is 1.00 e. The number of benzene rings is 1. The van der Waals surface area contributed by atoms with Crippen molar-refractivity contribution in [1.29, 1.82) is 5.39 Å². The second kappa shape index (κ2) is 3.53. The van der Waals surface area contributed by atoms with Crippen molar-refractivity contribution in [2.45, 2.75) is 11.8 Å². The standard InChI is InChI=1S/C7H5ClN2O3S/c1-4-2-6(10-9)7(3-5(4)8)14(11,12)13/h2-3H,1H3/p+1. The van der Waals surface area contributed by atoms with Crippen LogP contribution in [0.25, 0.3) is 4.98 Å². The molecule has 0 aliphatic carbocycles. The van der Waals surface area contributed by atoms with Gasteiger partial charge in [-0.05, 0) is 18.6 Å². The van der Waals surface area contributed by atoms with Gasteiger partial charge in [0.05, 0.1) is 0 Å². The Kier molecular flexibility index (Phi) is 2.76. The van der Waals surface area contributed by atoms with Gasteiger partial charge in [0.1, 0.15) is 10.1 Å². The molecule has 1 rings (SSSR count). The summed E-state index contributed by atoms with van der Waals surface area (Å²) in [6, 6.07) is 2.18. The second-order valence-electron chi connectivity index (χ2n) is 2.62. The van der Waals surface area contributed by atoms with Crippen LogP contribution >= 0.6 is 11.6 Å². The highest BCUT2D eigenvalue weighted by Crippen LogP contribution is 2.30. The smallest absolute Gasteiger partial charge is 0.744 e. The fourth-order valence-corrected chi connectivity index (χ4v) is 1.77. The summed E-state index contributed by atoms with van der Waals surface area (Å²) in [5.74, 6) is 0. The van der Waals surface area contributed by atoms with E-state index in [0.717, 1.165) is 6.07 Å². The molecule has 0 unspecified atom stereocenters. The monoisotopic (exact) mass is 233 g/mol. The number of diazo groups is 1. The van der Waals surface area contributed by atoms with E-state index in [2.05, 4.69) is 4.98 Å². The van der Waals surface area contributed by atoms with Gasteiger partial charge in [-0.1, -0.05) is 11.6 Å². The lowest BCUT2D eigenvalue weighted by Gasteiger charge is -2.05. The number of hydrogen-bond donors (Lipinski definition) is 0. The lowest BCUT2D eigenvalue weighted by atomic mass is 10.2. The van der Waals surface area contributed by atoms with Crippen LogP contribution in [0.15, 0.2) is 17.0 Å². The number of rotatable bonds is 1. The van der Waals surface area contributed by atoms with Gasteiger partial charge in [0.25, 0.3) is 0 Å². The van der Waals surface area contributed by atoms with Crippen LogP contribution in [0.3, 0.4) is 0 Å². The summed E-state index contributed by atoms with van der Waals surface area (Å²) in [7, 11) is -4.67. The van der Waals surface area contributed by atoms with Crippen molar-refractivity contribution >= 4 is 27.4 Å². The van der Waals surface area contributed by atoms with Crippen molar-refractivity contribution in [3.8, 4) is 0 Å². The molecular weight excluding hydrogens is 228 g/mol. The summed E-state index contributed by atoms with van der Waals surface area (Å²) >= 11 is 5.62. The van der Waals surface area contributed by atoms with Crippen LogP contribution in [0.5, 0.6) is 0 Å². The van der Waals surface area contributed by atoms with Gasteiger partial charge in [-0.15, -0.1) is 0 Å². The van der Waals surface area contributed by atoms with E-state index >= 15 is 0 Å². The highest BCUT2D eigenvalue weighted by Gasteiger charge is 2.20. The Morgan fingerprint density at radius 3 is 2.57 bits per heavy atom. The van der Waals surface area contributed by atoms with Gasteiger partial charge in [-0.3, -0.25) is 0 Å². The molecule has 74 valence electrons. The molecular formula is C7H6ClN2O3S+. The Balaban J connectivity index is 0.00000196. The zero-order valence-corrected chi connectivity index (χ0v) is 8.63. The van der Waals surface area contributed by atoms with E-state index in [1.165, 1.54) is 6.07 Å². The maximum absolute atomic E-state index is 10.7. The Labute approximate surface area is 87.2 Å². The van der Waals surface area contributed by atoms with Crippen molar-refractivity contribution in [3.63, 3.8) is 0 Å². The van der Waals surface area contributed by atoms with Crippen molar-refractivity contribution in [1.82, 2.24) is 0 Å². The summed E-state index contributed by atoms with van der Waals surface area (Å²) in [4.78, 5) is 2.07. The molecule has 5 nitrogen and oxygen atoms in total. The Morgan fingerprint density at radius 1 is 1.57 bits per heavy atom. The van der Waals surface area contributed by atoms with Crippen molar-refractivity contribution in [2.75, 3.05) is 0 Å². The predicted molar refractivity (Wildman–Crippen MR) is 50.0 cm³/mol. The van der Waals surface area contributed by atoms with E-state index in [1.807, 2.05) is 0 Å². The summed E-state index contributed by atoms with van der Waals surface area (Å²) in [6.07, 6.45) is 0. The van der Waals surface area contributed by atoms with Crippen LogP contribution in [0.1, 0.15) is 6.99 Å². The summed E-state index contributed by atoms with van der Waals surface area (Å²) in [5, 5.41) is 8.61.